The third kappa shape index (κ3) is 4.75. The number of nitrogens with zero attached hydrogens (tertiary/aromatic N) is 1. The first-order valence-electron chi connectivity index (χ1n) is 9.23. The van der Waals surface area contributed by atoms with Gasteiger partial charge in [-0.05, 0) is 41.1 Å². The van der Waals surface area contributed by atoms with Crippen LogP contribution in [-0.4, -0.2) is 45.7 Å². The predicted molar refractivity (Wildman–Crippen MR) is 115 cm³/mol. The van der Waals surface area contributed by atoms with E-state index in [4.69, 9.17) is 9.47 Å². The monoisotopic (exact) mass is 406 g/mol. The number of esters is 2. The number of benzene rings is 3. The minimum atomic E-state index is -0.621. The van der Waals surface area contributed by atoms with Crippen molar-refractivity contribution in [3.63, 3.8) is 0 Å². The first-order valence-corrected chi connectivity index (χ1v) is 9.23. The first-order chi connectivity index (χ1) is 14.4. The molecule has 0 fully saturated rings. The van der Waals surface area contributed by atoms with Crippen LogP contribution in [-0.2, 0) is 14.3 Å². The van der Waals surface area contributed by atoms with E-state index in [1.807, 2.05) is 54.4 Å². The molecule has 30 heavy (non-hydrogen) atoms. The predicted octanol–water partition coefficient (Wildman–Crippen LogP) is 3.49. The zero-order chi connectivity index (χ0) is 21.7. The van der Waals surface area contributed by atoms with Crippen LogP contribution in [0.2, 0.25) is 0 Å². The Bertz CT molecular complexity index is 1080. The zero-order valence-corrected chi connectivity index (χ0v) is 17.0. The number of carbonyl (C=O) groups excluding carboxylic acids is 3. The molecule has 7 nitrogen and oxygen atoms in total. The van der Waals surface area contributed by atoms with Crippen molar-refractivity contribution in [2.75, 3.05) is 38.0 Å². The topological polar surface area (TPSA) is 84.9 Å². The molecule has 0 aromatic heterocycles. The van der Waals surface area contributed by atoms with E-state index in [2.05, 4.69) is 5.32 Å². The lowest BCUT2D eigenvalue weighted by atomic mass is 10.1. The van der Waals surface area contributed by atoms with E-state index in [0.717, 1.165) is 16.5 Å². The van der Waals surface area contributed by atoms with E-state index in [0.29, 0.717) is 5.69 Å². The van der Waals surface area contributed by atoms with Crippen molar-refractivity contribution in [2.24, 2.45) is 0 Å². The average molecular weight is 406 g/mol. The second kappa shape index (κ2) is 9.09. The summed E-state index contributed by atoms with van der Waals surface area (Å²) in [6, 6.07) is 18.2. The molecule has 0 atom stereocenters. The lowest BCUT2D eigenvalue weighted by Crippen LogP contribution is -2.30. The molecular formula is C23H22N2O5. The van der Waals surface area contributed by atoms with Crippen molar-refractivity contribution in [1.29, 1.82) is 0 Å². The molecule has 7 heteroatoms. The largest absolute Gasteiger partial charge is 0.465 e. The molecule has 0 aliphatic heterocycles. The number of carbonyl (C=O) groups is 3. The fourth-order valence-corrected chi connectivity index (χ4v) is 3.09. The Kier molecular flexibility index (Phi) is 6.32. The fourth-order valence-electron chi connectivity index (χ4n) is 3.09. The molecule has 0 saturated heterocycles. The van der Waals surface area contributed by atoms with Gasteiger partial charge in [0.25, 0.3) is 0 Å². The van der Waals surface area contributed by atoms with Gasteiger partial charge in [-0.1, -0.05) is 30.3 Å². The SMILES string of the molecule is COC(=O)c1cc(NC(=O)CN(C)c2ccc3ccccc3c2)cc(C(=O)OC)c1. The summed E-state index contributed by atoms with van der Waals surface area (Å²) in [6.07, 6.45) is 0. The van der Waals surface area contributed by atoms with Crippen LogP contribution in [0.1, 0.15) is 20.7 Å². The van der Waals surface area contributed by atoms with Gasteiger partial charge in [0.15, 0.2) is 0 Å². The third-order valence-corrected chi connectivity index (χ3v) is 4.61. The molecule has 0 heterocycles. The fraction of sp³-hybridized carbons (Fsp3) is 0.174. The number of fused-ring (bicyclic) bond motifs is 1. The lowest BCUT2D eigenvalue weighted by Gasteiger charge is -2.19. The molecule has 3 aromatic carbocycles. The number of anilines is 2. The molecule has 0 bridgehead atoms. The Labute approximate surface area is 174 Å². The summed E-state index contributed by atoms with van der Waals surface area (Å²) in [6.45, 7) is 0.0777. The summed E-state index contributed by atoms with van der Waals surface area (Å²) in [5.74, 6) is -1.54. The number of hydrogen-bond acceptors (Lipinski definition) is 6. The average Bonchev–Trinajstić information content (AvgIpc) is 2.77. The number of nitrogens with one attached hydrogen (secondary N) is 1. The van der Waals surface area contributed by atoms with Crippen molar-refractivity contribution < 1.29 is 23.9 Å². The Balaban J connectivity index is 1.77. The highest BCUT2D eigenvalue weighted by Gasteiger charge is 2.16. The van der Waals surface area contributed by atoms with Crippen LogP contribution >= 0.6 is 0 Å². The van der Waals surface area contributed by atoms with Crippen LogP contribution in [0.5, 0.6) is 0 Å². The second-order valence-electron chi connectivity index (χ2n) is 6.72. The number of methoxy groups -OCH3 is 2. The van der Waals surface area contributed by atoms with E-state index >= 15 is 0 Å². The van der Waals surface area contributed by atoms with Gasteiger partial charge < -0.3 is 19.7 Å². The molecule has 0 spiro atoms. The van der Waals surface area contributed by atoms with Crippen molar-refractivity contribution in [2.45, 2.75) is 0 Å². The standard InChI is InChI=1S/C23H22N2O5/c1-25(20-9-8-15-6-4-5-7-16(15)13-20)14-21(26)24-19-11-17(22(27)29-2)10-18(12-19)23(28)30-3/h4-13H,14H2,1-3H3,(H,24,26). The zero-order valence-electron chi connectivity index (χ0n) is 17.0. The van der Waals surface area contributed by atoms with E-state index in [1.54, 1.807) is 0 Å². The van der Waals surface area contributed by atoms with E-state index in [-0.39, 0.29) is 23.6 Å². The van der Waals surface area contributed by atoms with Gasteiger partial charge in [-0.15, -0.1) is 0 Å². The van der Waals surface area contributed by atoms with Crippen LogP contribution < -0.4 is 10.2 Å². The lowest BCUT2D eigenvalue weighted by molar-refractivity contribution is -0.114. The first kappa shape index (κ1) is 20.9. The van der Waals surface area contributed by atoms with Gasteiger partial charge in [-0.3, -0.25) is 4.79 Å². The Morgan fingerprint density at radius 1 is 0.833 bits per heavy atom. The third-order valence-electron chi connectivity index (χ3n) is 4.61. The summed E-state index contributed by atoms with van der Waals surface area (Å²) in [7, 11) is 4.29. The van der Waals surface area contributed by atoms with E-state index in [9.17, 15) is 14.4 Å². The number of likely N-dealkylation sites (N-methyl/N-ethyl adjacent to an activating group) is 1. The molecule has 0 aliphatic rings. The van der Waals surface area contributed by atoms with E-state index < -0.39 is 11.9 Å². The maximum Gasteiger partial charge on any atom is 0.337 e. The smallest absolute Gasteiger partial charge is 0.337 e. The highest BCUT2D eigenvalue weighted by Crippen LogP contribution is 2.22. The molecule has 0 aliphatic carbocycles. The summed E-state index contributed by atoms with van der Waals surface area (Å²) in [5.41, 5.74) is 1.47. The van der Waals surface area contributed by atoms with Gasteiger partial charge in [0, 0.05) is 18.4 Å². The maximum atomic E-state index is 12.6. The van der Waals surface area contributed by atoms with E-state index in [1.165, 1.54) is 32.4 Å². The van der Waals surface area contributed by atoms with Crippen LogP contribution in [0.25, 0.3) is 10.8 Å². The van der Waals surface area contributed by atoms with Crippen LogP contribution in [0, 0.1) is 0 Å². The Morgan fingerprint density at radius 3 is 2.03 bits per heavy atom. The van der Waals surface area contributed by atoms with Crippen molar-refractivity contribution in [3.05, 3.63) is 71.8 Å². The van der Waals surface area contributed by atoms with Gasteiger partial charge in [0.1, 0.15) is 0 Å². The molecule has 1 amide bonds. The summed E-state index contributed by atoms with van der Waals surface area (Å²) < 4.78 is 9.42. The summed E-state index contributed by atoms with van der Waals surface area (Å²) in [4.78, 5) is 38.2. The maximum absolute atomic E-state index is 12.6. The number of ether oxygens (including phenoxy) is 2. The molecule has 0 radical (unpaired) electrons. The summed E-state index contributed by atoms with van der Waals surface area (Å²) >= 11 is 0. The van der Waals surface area contributed by atoms with Gasteiger partial charge in [-0.2, -0.15) is 0 Å². The van der Waals surface area contributed by atoms with Crippen molar-refractivity contribution in [3.8, 4) is 0 Å². The van der Waals surface area contributed by atoms with Gasteiger partial charge in [-0.25, -0.2) is 9.59 Å². The molecule has 0 unspecified atom stereocenters. The quantitative estimate of drug-likeness (QED) is 0.631. The van der Waals surface area contributed by atoms with Gasteiger partial charge in [0.2, 0.25) is 5.91 Å². The van der Waals surface area contributed by atoms with Crippen LogP contribution in [0.3, 0.4) is 0 Å². The minimum Gasteiger partial charge on any atom is -0.465 e. The highest BCUT2D eigenvalue weighted by molar-refractivity contribution is 6.00. The Hall–Kier alpha value is -3.87. The van der Waals surface area contributed by atoms with Gasteiger partial charge in [0.05, 0.1) is 31.9 Å². The number of amides is 1. The highest BCUT2D eigenvalue weighted by atomic mass is 16.5. The molecule has 1 N–H and O–H groups in total. The molecular weight excluding hydrogens is 384 g/mol. The van der Waals surface area contributed by atoms with Crippen LogP contribution in [0.15, 0.2) is 60.7 Å². The molecule has 0 saturated carbocycles. The second-order valence-corrected chi connectivity index (χ2v) is 6.72. The summed E-state index contributed by atoms with van der Waals surface area (Å²) in [5, 5.41) is 4.92. The molecule has 3 aromatic rings. The Morgan fingerprint density at radius 2 is 1.43 bits per heavy atom. The molecule has 3 rings (SSSR count). The normalized spacial score (nSPS) is 10.4. The molecule has 154 valence electrons. The minimum absolute atomic E-state index is 0.0777. The van der Waals surface area contributed by atoms with Gasteiger partial charge >= 0.3 is 11.9 Å². The van der Waals surface area contributed by atoms with Crippen molar-refractivity contribution in [1.82, 2.24) is 0 Å². The van der Waals surface area contributed by atoms with Crippen molar-refractivity contribution >= 4 is 40.0 Å². The number of rotatable bonds is 6. The number of hydrogen-bond donors (Lipinski definition) is 1. The van der Waals surface area contributed by atoms with Crippen LogP contribution in [0.4, 0.5) is 11.4 Å².